The largest absolute Gasteiger partial charge is 0.452 e. The predicted molar refractivity (Wildman–Crippen MR) is 82.9 cm³/mol. The Bertz CT molecular complexity index is 461. The van der Waals surface area contributed by atoms with Crippen LogP contribution >= 0.6 is 11.6 Å². The molecule has 0 bridgehead atoms. The summed E-state index contributed by atoms with van der Waals surface area (Å²) in [7, 11) is 0. The molecule has 0 amide bonds. The van der Waals surface area contributed by atoms with Gasteiger partial charge in [0.2, 0.25) is 0 Å². The van der Waals surface area contributed by atoms with Crippen molar-refractivity contribution >= 4 is 17.0 Å². The van der Waals surface area contributed by atoms with Crippen LogP contribution in [0.2, 0.25) is 0 Å². The number of carbonyl (C=O) groups excluding carboxylic acids is 1. The van der Waals surface area contributed by atoms with E-state index in [2.05, 4.69) is 43.0 Å². The fourth-order valence-corrected chi connectivity index (χ4v) is 2.53. The fraction of sp³-hybridized carbons (Fsp3) is 0.562. The van der Waals surface area contributed by atoms with Gasteiger partial charge < -0.3 is 9.47 Å². The van der Waals surface area contributed by atoms with Crippen LogP contribution in [0.25, 0.3) is 0 Å². The molecule has 21 heavy (non-hydrogen) atoms. The van der Waals surface area contributed by atoms with Gasteiger partial charge in [-0.2, -0.15) is 0 Å². The van der Waals surface area contributed by atoms with Gasteiger partial charge in [0, 0.05) is 31.2 Å². The first-order valence-corrected chi connectivity index (χ1v) is 7.70. The van der Waals surface area contributed by atoms with Crippen LogP contribution in [0.5, 0.6) is 0 Å². The van der Waals surface area contributed by atoms with Gasteiger partial charge in [0.25, 0.3) is 0 Å². The Hall–Kier alpha value is -1.10. The summed E-state index contributed by atoms with van der Waals surface area (Å²) in [5, 5.41) is 0. The van der Waals surface area contributed by atoms with Crippen LogP contribution in [0.3, 0.4) is 0 Å². The maximum Gasteiger partial charge on any atom is 0.403 e. The normalized spacial score (nSPS) is 19.7. The molecule has 1 atom stereocenters. The summed E-state index contributed by atoms with van der Waals surface area (Å²) in [6.07, 6.45) is 0.0756. The number of hydrogen-bond acceptors (Lipinski definition) is 4. The van der Waals surface area contributed by atoms with Crippen molar-refractivity contribution in [3.05, 3.63) is 35.4 Å². The average Bonchev–Trinajstić information content (AvgIpc) is 2.47. The molecule has 1 unspecified atom stereocenters. The highest BCUT2D eigenvalue weighted by atomic mass is 35.5. The highest BCUT2D eigenvalue weighted by Gasteiger charge is 2.22. The first kappa shape index (κ1) is 16.3. The zero-order valence-electron chi connectivity index (χ0n) is 12.5. The standard InChI is InChI=1S/C16H22ClNO3/c1-12(2)13-3-5-14(6-4-13)15-11-18(7-9-20-15)8-10-21-16(17)19/h3-6,12,15H,7-11H2,1-2H3. The minimum Gasteiger partial charge on any atom is -0.452 e. The maximum atomic E-state index is 10.6. The van der Waals surface area contributed by atoms with Crippen LogP contribution in [0, 0.1) is 0 Å². The van der Waals surface area contributed by atoms with E-state index in [1.807, 2.05) is 0 Å². The Labute approximate surface area is 131 Å². The highest BCUT2D eigenvalue weighted by Crippen LogP contribution is 2.24. The van der Waals surface area contributed by atoms with Crippen LogP contribution in [0.4, 0.5) is 4.79 Å². The number of ether oxygens (including phenoxy) is 2. The van der Waals surface area contributed by atoms with Crippen molar-refractivity contribution in [2.45, 2.75) is 25.9 Å². The molecule has 1 fully saturated rings. The van der Waals surface area contributed by atoms with E-state index in [0.29, 0.717) is 25.7 Å². The maximum absolute atomic E-state index is 10.6. The summed E-state index contributed by atoms with van der Waals surface area (Å²) in [5.74, 6) is 0.535. The Kier molecular flexibility index (Phi) is 6.03. The molecule has 0 saturated carbocycles. The monoisotopic (exact) mass is 311 g/mol. The van der Waals surface area contributed by atoms with Crippen molar-refractivity contribution in [3.63, 3.8) is 0 Å². The Morgan fingerprint density at radius 1 is 1.43 bits per heavy atom. The average molecular weight is 312 g/mol. The third kappa shape index (κ3) is 4.99. The minimum absolute atomic E-state index is 0.0756. The van der Waals surface area contributed by atoms with Gasteiger partial charge in [0.15, 0.2) is 0 Å². The van der Waals surface area contributed by atoms with Crippen LogP contribution < -0.4 is 0 Å². The van der Waals surface area contributed by atoms with Crippen molar-refractivity contribution in [1.29, 1.82) is 0 Å². The second-order valence-electron chi connectivity index (χ2n) is 5.57. The number of benzene rings is 1. The molecular formula is C16H22ClNO3. The topological polar surface area (TPSA) is 38.8 Å². The van der Waals surface area contributed by atoms with Crippen molar-refractivity contribution in [3.8, 4) is 0 Å². The summed E-state index contributed by atoms with van der Waals surface area (Å²) < 4.78 is 10.6. The molecule has 0 spiro atoms. The molecule has 0 radical (unpaired) electrons. The van der Waals surface area contributed by atoms with E-state index in [0.717, 1.165) is 13.1 Å². The Balaban J connectivity index is 1.89. The lowest BCUT2D eigenvalue weighted by Gasteiger charge is -2.33. The lowest BCUT2D eigenvalue weighted by atomic mass is 9.99. The van der Waals surface area contributed by atoms with E-state index in [4.69, 9.17) is 21.1 Å². The second-order valence-corrected chi connectivity index (χ2v) is 5.88. The van der Waals surface area contributed by atoms with Crippen molar-refractivity contribution < 1.29 is 14.3 Å². The van der Waals surface area contributed by atoms with Crippen LogP contribution in [0.1, 0.15) is 37.0 Å². The minimum atomic E-state index is -0.746. The van der Waals surface area contributed by atoms with E-state index in [1.165, 1.54) is 11.1 Å². The fourth-order valence-electron chi connectivity index (χ4n) is 2.46. The Morgan fingerprint density at radius 3 is 2.76 bits per heavy atom. The molecule has 5 heteroatoms. The quantitative estimate of drug-likeness (QED) is 0.779. The second kappa shape index (κ2) is 7.78. The van der Waals surface area contributed by atoms with Gasteiger partial charge >= 0.3 is 5.43 Å². The Morgan fingerprint density at radius 2 is 2.14 bits per heavy atom. The van der Waals surface area contributed by atoms with Crippen molar-refractivity contribution in [1.82, 2.24) is 4.90 Å². The predicted octanol–water partition coefficient (Wildman–Crippen LogP) is 3.56. The van der Waals surface area contributed by atoms with Gasteiger partial charge in [0.1, 0.15) is 6.61 Å². The van der Waals surface area contributed by atoms with Gasteiger partial charge in [-0.15, -0.1) is 0 Å². The summed E-state index contributed by atoms with van der Waals surface area (Å²) in [6.45, 7) is 7.72. The van der Waals surface area contributed by atoms with Crippen LogP contribution in [-0.4, -0.2) is 43.2 Å². The van der Waals surface area contributed by atoms with E-state index in [9.17, 15) is 4.79 Å². The van der Waals surface area contributed by atoms with Gasteiger partial charge in [-0.05, 0) is 17.0 Å². The zero-order valence-corrected chi connectivity index (χ0v) is 13.3. The smallest absolute Gasteiger partial charge is 0.403 e. The number of morpholine rings is 1. The summed E-state index contributed by atoms with van der Waals surface area (Å²) >= 11 is 5.16. The molecule has 0 aliphatic carbocycles. The zero-order chi connectivity index (χ0) is 15.2. The van der Waals surface area contributed by atoms with E-state index in [-0.39, 0.29) is 6.10 Å². The van der Waals surface area contributed by atoms with E-state index < -0.39 is 5.43 Å². The molecule has 116 valence electrons. The van der Waals surface area contributed by atoms with E-state index in [1.54, 1.807) is 0 Å². The van der Waals surface area contributed by atoms with Crippen molar-refractivity contribution in [2.24, 2.45) is 0 Å². The molecule has 1 aliphatic rings. The molecule has 0 aromatic heterocycles. The van der Waals surface area contributed by atoms with Crippen molar-refractivity contribution in [2.75, 3.05) is 32.8 Å². The molecule has 1 saturated heterocycles. The number of carbonyl (C=O) groups is 1. The van der Waals surface area contributed by atoms with Gasteiger partial charge in [-0.1, -0.05) is 38.1 Å². The van der Waals surface area contributed by atoms with Gasteiger partial charge in [-0.3, -0.25) is 4.90 Å². The number of halogens is 1. The molecule has 1 heterocycles. The molecule has 2 rings (SSSR count). The molecule has 1 aromatic carbocycles. The first-order valence-electron chi connectivity index (χ1n) is 7.32. The third-order valence-electron chi connectivity index (χ3n) is 3.75. The lowest BCUT2D eigenvalue weighted by Crippen LogP contribution is -2.40. The van der Waals surface area contributed by atoms with Gasteiger partial charge in [-0.25, -0.2) is 4.79 Å². The number of nitrogens with zero attached hydrogens (tertiary/aromatic N) is 1. The number of hydrogen-bond donors (Lipinski definition) is 0. The molecule has 1 aromatic rings. The first-order chi connectivity index (χ1) is 10.1. The third-order valence-corrected chi connectivity index (χ3v) is 3.86. The lowest BCUT2D eigenvalue weighted by molar-refractivity contribution is -0.0339. The molecule has 4 nitrogen and oxygen atoms in total. The van der Waals surface area contributed by atoms with Crippen LogP contribution in [-0.2, 0) is 9.47 Å². The molecule has 1 aliphatic heterocycles. The van der Waals surface area contributed by atoms with Crippen LogP contribution in [0.15, 0.2) is 24.3 Å². The number of rotatable bonds is 5. The highest BCUT2D eigenvalue weighted by molar-refractivity contribution is 6.61. The molecular weight excluding hydrogens is 290 g/mol. The summed E-state index contributed by atoms with van der Waals surface area (Å²) in [4.78, 5) is 12.8. The van der Waals surface area contributed by atoms with E-state index >= 15 is 0 Å². The summed E-state index contributed by atoms with van der Waals surface area (Å²) in [6, 6.07) is 8.61. The SMILES string of the molecule is CC(C)c1ccc(C2CN(CCOC(=O)Cl)CCO2)cc1. The summed E-state index contributed by atoms with van der Waals surface area (Å²) in [5.41, 5.74) is 1.78. The molecule has 0 N–H and O–H groups in total. The van der Waals surface area contributed by atoms with Gasteiger partial charge in [0.05, 0.1) is 12.7 Å².